The summed E-state index contributed by atoms with van der Waals surface area (Å²) in [6.07, 6.45) is 0. The zero-order valence-corrected chi connectivity index (χ0v) is 11.4. The van der Waals surface area contributed by atoms with Gasteiger partial charge in [-0.3, -0.25) is 0 Å². The Balaban J connectivity index is 2.44. The molecule has 0 aliphatic carbocycles. The van der Waals surface area contributed by atoms with Crippen LogP contribution in [0.1, 0.15) is 15.9 Å². The van der Waals surface area contributed by atoms with Crippen LogP contribution in [-0.4, -0.2) is 18.2 Å². The number of phenolic OH excluding ortho intramolecular Hbond substituents is 1. The summed E-state index contributed by atoms with van der Waals surface area (Å²) in [5, 5.41) is 10.0. The Morgan fingerprint density at radius 2 is 1.79 bits per heavy atom. The Bertz CT molecular complexity index is 635. The lowest BCUT2D eigenvalue weighted by Crippen LogP contribution is -2.01. The van der Waals surface area contributed by atoms with Gasteiger partial charge in [-0.1, -0.05) is 29.8 Å². The van der Waals surface area contributed by atoms with Gasteiger partial charge in [-0.25, -0.2) is 4.79 Å². The second-order valence-corrected chi connectivity index (χ2v) is 4.59. The van der Waals surface area contributed by atoms with Gasteiger partial charge in [-0.2, -0.15) is 0 Å². The summed E-state index contributed by atoms with van der Waals surface area (Å²) >= 11 is 6.06. The number of methoxy groups -OCH3 is 1. The van der Waals surface area contributed by atoms with Gasteiger partial charge < -0.3 is 9.84 Å². The van der Waals surface area contributed by atoms with Crippen molar-refractivity contribution < 1.29 is 14.6 Å². The van der Waals surface area contributed by atoms with Crippen molar-refractivity contribution in [1.29, 1.82) is 0 Å². The smallest absolute Gasteiger partial charge is 0.339 e. The number of phenols is 1. The molecule has 0 aliphatic heterocycles. The van der Waals surface area contributed by atoms with E-state index >= 15 is 0 Å². The first-order valence-electron chi connectivity index (χ1n) is 5.71. The van der Waals surface area contributed by atoms with Gasteiger partial charge in [0.25, 0.3) is 0 Å². The summed E-state index contributed by atoms with van der Waals surface area (Å²) < 4.78 is 4.63. The highest BCUT2D eigenvalue weighted by molar-refractivity contribution is 6.33. The van der Waals surface area contributed by atoms with Gasteiger partial charge in [0.05, 0.1) is 17.7 Å². The van der Waals surface area contributed by atoms with Crippen LogP contribution in [0.4, 0.5) is 0 Å². The molecule has 0 aliphatic rings. The van der Waals surface area contributed by atoms with E-state index in [-0.39, 0.29) is 5.75 Å². The van der Waals surface area contributed by atoms with Crippen LogP contribution in [0.5, 0.6) is 5.75 Å². The lowest BCUT2D eigenvalue weighted by atomic mass is 10.0. The molecule has 1 N–H and O–H groups in total. The van der Waals surface area contributed by atoms with Crippen molar-refractivity contribution in [2.75, 3.05) is 7.11 Å². The Hall–Kier alpha value is -2.00. The normalized spacial score (nSPS) is 10.3. The quantitative estimate of drug-likeness (QED) is 0.849. The first-order chi connectivity index (χ1) is 9.02. The number of hydrogen-bond donors (Lipinski definition) is 1. The molecule has 2 aromatic carbocycles. The second kappa shape index (κ2) is 5.33. The van der Waals surface area contributed by atoms with E-state index in [1.165, 1.54) is 7.11 Å². The van der Waals surface area contributed by atoms with Crippen LogP contribution in [0, 0.1) is 6.92 Å². The zero-order chi connectivity index (χ0) is 14.0. The van der Waals surface area contributed by atoms with Crippen LogP contribution in [0.25, 0.3) is 11.1 Å². The van der Waals surface area contributed by atoms with Crippen molar-refractivity contribution >= 4 is 17.6 Å². The van der Waals surface area contributed by atoms with Crippen LogP contribution in [-0.2, 0) is 4.74 Å². The van der Waals surface area contributed by atoms with E-state index in [9.17, 15) is 9.90 Å². The molecule has 0 fully saturated rings. The van der Waals surface area contributed by atoms with E-state index in [2.05, 4.69) is 4.74 Å². The molecule has 0 atom stereocenters. The van der Waals surface area contributed by atoms with Crippen LogP contribution in [0.2, 0.25) is 5.02 Å². The van der Waals surface area contributed by atoms with Crippen LogP contribution >= 0.6 is 11.6 Å². The molecule has 0 aromatic heterocycles. The number of hydrogen-bond acceptors (Lipinski definition) is 3. The van der Waals surface area contributed by atoms with Crippen LogP contribution in [0.3, 0.4) is 0 Å². The van der Waals surface area contributed by atoms with Gasteiger partial charge in [0.1, 0.15) is 5.75 Å². The molecule has 0 amide bonds. The molecule has 0 saturated heterocycles. The maximum absolute atomic E-state index is 11.4. The Morgan fingerprint density at radius 1 is 1.16 bits per heavy atom. The predicted octanol–water partition coefficient (Wildman–Crippen LogP) is 3.81. The number of carbonyl (C=O) groups is 1. The second-order valence-electron chi connectivity index (χ2n) is 4.19. The topological polar surface area (TPSA) is 46.5 Å². The minimum Gasteiger partial charge on any atom is -0.508 e. The summed E-state index contributed by atoms with van der Waals surface area (Å²) in [6, 6.07) is 10.4. The maximum atomic E-state index is 11.4. The fourth-order valence-corrected chi connectivity index (χ4v) is 2.02. The third-order valence-corrected chi connectivity index (χ3v) is 3.23. The number of benzene rings is 2. The van der Waals surface area contributed by atoms with Gasteiger partial charge in [-0.05, 0) is 41.8 Å². The maximum Gasteiger partial charge on any atom is 0.339 e. The molecule has 98 valence electrons. The molecule has 2 aromatic rings. The standard InChI is InChI=1S/C15H13ClO3/c1-9-3-4-11(8-14(9)17)10-5-6-12(13(16)7-10)15(18)19-2/h3-8,17H,1-2H3. The third-order valence-electron chi connectivity index (χ3n) is 2.92. The third kappa shape index (κ3) is 2.71. The van der Waals surface area contributed by atoms with E-state index in [1.807, 2.05) is 19.1 Å². The number of esters is 1. The molecule has 4 heteroatoms. The number of rotatable bonds is 2. The summed E-state index contributed by atoms with van der Waals surface area (Å²) in [7, 11) is 1.31. The molecule has 0 saturated carbocycles. The van der Waals surface area contributed by atoms with Crippen LogP contribution < -0.4 is 0 Å². The van der Waals surface area contributed by atoms with Crippen molar-refractivity contribution in [2.45, 2.75) is 6.92 Å². The number of aromatic hydroxyl groups is 1. The van der Waals surface area contributed by atoms with E-state index in [1.54, 1.807) is 24.3 Å². The Morgan fingerprint density at radius 3 is 2.37 bits per heavy atom. The Labute approximate surface area is 116 Å². The van der Waals surface area contributed by atoms with Gasteiger partial charge in [-0.15, -0.1) is 0 Å². The number of carbonyl (C=O) groups excluding carboxylic acids is 1. The van der Waals surface area contributed by atoms with Crippen molar-refractivity contribution in [3.63, 3.8) is 0 Å². The largest absolute Gasteiger partial charge is 0.508 e. The minimum absolute atomic E-state index is 0.227. The Kier molecular flexibility index (Phi) is 3.76. The molecule has 3 nitrogen and oxygen atoms in total. The van der Waals surface area contributed by atoms with E-state index in [0.29, 0.717) is 10.6 Å². The summed E-state index contributed by atoms with van der Waals surface area (Å²) in [6.45, 7) is 1.83. The number of ether oxygens (including phenoxy) is 1. The first kappa shape index (κ1) is 13.4. The minimum atomic E-state index is -0.469. The summed E-state index contributed by atoms with van der Waals surface area (Å²) in [5.74, 6) is -0.242. The van der Waals surface area contributed by atoms with Gasteiger partial charge in [0.2, 0.25) is 0 Å². The average Bonchev–Trinajstić information content (AvgIpc) is 2.41. The van der Waals surface area contributed by atoms with Crippen LogP contribution in [0.15, 0.2) is 36.4 Å². The molecular formula is C15H13ClO3. The molecule has 0 radical (unpaired) electrons. The molecule has 0 unspecified atom stereocenters. The summed E-state index contributed by atoms with van der Waals surface area (Å²) in [5.41, 5.74) is 2.79. The summed E-state index contributed by atoms with van der Waals surface area (Å²) in [4.78, 5) is 11.4. The molecule has 0 spiro atoms. The van der Waals surface area contributed by atoms with Gasteiger partial charge >= 0.3 is 5.97 Å². The van der Waals surface area contributed by atoms with Crippen molar-refractivity contribution in [1.82, 2.24) is 0 Å². The van der Waals surface area contributed by atoms with Gasteiger partial charge in [0.15, 0.2) is 0 Å². The van der Waals surface area contributed by atoms with E-state index in [0.717, 1.165) is 16.7 Å². The first-order valence-corrected chi connectivity index (χ1v) is 6.08. The van der Waals surface area contributed by atoms with E-state index < -0.39 is 5.97 Å². The zero-order valence-electron chi connectivity index (χ0n) is 10.6. The number of aryl methyl sites for hydroxylation is 1. The highest BCUT2D eigenvalue weighted by atomic mass is 35.5. The lowest BCUT2D eigenvalue weighted by molar-refractivity contribution is 0.0601. The number of halogens is 1. The molecular weight excluding hydrogens is 264 g/mol. The predicted molar refractivity (Wildman–Crippen MR) is 74.6 cm³/mol. The van der Waals surface area contributed by atoms with Crippen molar-refractivity contribution in [3.8, 4) is 16.9 Å². The lowest BCUT2D eigenvalue weighted by Gasteiger charge is -2.07. The monoisotopic (exact) mass is 276 g/mol. The molecule has 0 heterocycles. The molecule has 2 rings (SSSR count). The fourth-order valence-electron chi connectivity index (χ4n) is 1.76. The highest BCUT2D eigenvalue weighted by Crippen LogP contribution is 2.29. The average molecular weight is 277 g/mol. The van der Waals surface area contributed by atoms with Crippen molar-refractivity contribution in [2.24, 2.45) is 0 Å². The molecule has 0 bridgehead atoms. The van der Waals surface area contributed by atoms with Gasteiger partial charge in [0, 0.05) is 0 Å². The fraction of sp³-hybridized carbons (Fsp3) is 0.133. The van der Waals surface area contributed by atoms with E-state index in [4.69, 9.17) is 11.6 Å². The SMILES string of the molecule is COC(=O)c1ccc(-c2ccc(C)c(O)c2)cc1Cl. The molecule has 19 heavy (non-hydrogen) atoms. The van der Waals surface area contributed by atoms with Crippen molar-refractivity contribution in [3.05, 3.63) is 52.5 Å². The highest BCUT2D eigenvalue weighted by Gasteiger charge is 2.11.